The van der Waals surface area contributed by atoms with E-state index in [1.54, 1.807) is 24.3 Å². The maximum absolute atomic E-state index is 14.0. The van der Waals surface area contributed by atoms with Crippen molar-refractivity contribution in [2.24, 2.45) is 5.92 Å². The number of carbonyl (C=O) groups is 2. The normalized spacial score (nSPS) is 17.6. The van der Waals surface area contributed by atoms with Gasteiger partial charge in [0.1, 0.15) is 19.0 Å². The van der Waals surface area contributed by atoms with Crippen molar-refractivity contribution in [3.05, 3.63) is 92.0 Å². The standard InChI is InChI=1S/C35H41Cl2N3O4.ClH/c1-21-16-30(36)33(31(37)17-21)44-15-14-43-27-10-11-28(23(3)18-27)34(41)39-32-12-13-38-19-29(32)35(42)40(26-8-9-26)20-25-7-5-6-22(2)24(25)4;/h5-7,10-11,16-18,26,29,32,38H,8-9,12-15,19-20H2,1-4H3,(H,39,41);1H. The lowest BCUT2D eigenvalue weighted by Crippen LogP contribution is -2.55. The first kappa shape index (κ1) is 34.9. The third-order valence-electron chi connectivity index (χ3n) is 8.63. The number of halogens is 3. The van der Waals surface area contributed by atoms with Crippen LogP contribution in [-0.4, -0.2) is 55.1 Å². The minimum absolute atomic E-state index is 0. The van der Waals surface area contributed by atoms with Crippen LogP contribution in [0.2, 0.25) is 10.0 Å². The molecule has 45 heavy (non-hydrogen) atoms. The van der Waals surface area contributed by atoms with E-state index in [1.807, 2.05) is 24.8 Å². The highest BCUT2D eigenvalue weighted by atomic mass is 35.5. The number of amides is 2. The molecule has 10 heteroatoms. The van der Waals surface area contributed by atoms with Gasteiger partial charge >= 0.3 is 0 Å². The molecule has 5 rings (SSSR count). The van der Waals surface area contributed by atoms with Crippen LogP contribution in [0.4, 0.5) is 0 Å². The van der Waals surface area contributed by atoms with Gasteiger partial charge < -0.3 is 25.0 Å². The van der Waals surface area contributed by atoms with Gasteiger partial charge in [-0.05, 0) is 112 Å². The third kappa shape index (κ3) is 8.64. The second kappa shape index (κ2) is 15.5. The Bertz CT molecular complexity index is 1500. The summed E-state index contributed by atoms with van der Waals surface area (Å²) >= 11 is 12.5. The van der Waals surface area contributed by atoms with E-state index in [0.29, 0.717) is 46.6 Å². The average molecular weight is 675 g/mol. The molecular formula is C35H42Cl3N3O4. The molecule has 1 heterocycles. The number of aryl methyl sites for hydroxylation is 3. The molecule has 0 aromatic heterocycles. The molecule has 2 fully saturated rings. The van der Waals surface area contributed by atoms with Gasteiger partial charge in [-0.15, -0.1) is 12.4 Å². The molecule has 2 amide bonds. The molecule has 3 aromatic rings. The highest BCUT2D eigenvalue weighted by molar-refractivity contribution is 6.37. The quantitative estimate of drug-likeness (QED) is 0.214. The fraction of sp³-hybridized carbons (Fsp3) is 0.429. The number of ether oxygens (including phenoxy) is 2. The second-order valence-corrected chi connectivity index (χ2v) is 12.8. The van der Waals surface area contributed by atoms with Gasteiger partial charge in [0.05, 0.1) is 16.0 Å². The smallest absolute Gasteiger partial charge is 0.251 e. The summed E-state index contributed by atoms with van der Waals surface area (Å²) in [6.45, 7) is 10.5. The van der Waals surface area contributed by atoms with Gasteiger partial charge in [0.25, 0.3) is 5.91 Å². The van der Waals surface area contributed by atoms with E-state index in [2.05, 4.69) is 42.7 Å². The molecule has 2 unspecified atom stereocenters. The van der Waals surface area contributed by atoms with E-state index < -0.39 is 0 Å². The van der Waals surface area contributed by atoms with Crippen molar-refractivity contribution in [1.29, 1.82) is 0 Å². The fourth-order valence-corrected chi connectivity index (χ4v) is 6.50. The van der Waals surface area contributed by atoms with E-state index in [4.69, 9.17) is 32.7 Å². The van der Waals surface area contributed by atoms with Crippen LogP contribution in [0.15, 0.2) is 48.5 Å². The molecule has 1 aliphatic carbocycles. The highest BCUT2D eigenvalue weighted by Gasteiger charge is 2.40. The number of carbonyl (C=O) groups excluding carboxylic acids is 2. The summed E-state index contributed by atoms with van der Waals surface area (Å²) in [5.74, 6) is 0.674. The molecule has 0 spiro atoms. The van der Waals surface area contributed by atoms with Gasteiger partial charge in [-0.3, -0.25) is 9.59 Å². The first-order valence-corrected chi connectivity index (χ1v) is 16.1. The zero-order valence-electron chi connectivity index (χ0n) is 26.3. The summed E-state index contributed by atoms with van der Waals surface area (Å²) in [5.41, 5.74) is 5.95. The predicted octanol–water partition coefficient (Wildman–Crippen LogP) is 7.01. The van der Waals surface area contributed by atoms with Crippen molar-refractivity contribution in [2.45, 2.75) is 65.6 Å². The molecule has 242 valence electrons. The highest BCUT2D eigenvalue weighted by Crippen LogP contribution is 2.34. The molecule has 7 nitrogen and oxygen atoms in total. The lowest BCUT2D eigenvalue weighted by molar-refractivity contribution is -0.138. The van der Waals surface area contributed by atoms with E-state index in [9.17, 15) is 9.59 Å². The zero-order chi connectivity index (χ0) is 31.4. The van der Waals surface area contributed by atoms with Gasteiger partial charge in [-0.25, -0.2) is 0 Å². The van der Waals surface area contributed by atoms with Crippen LogP contribution in [0.1, 0.15) is 57.4 Å². The molecular weight excluding hydrogens is 633 g/mol. The van der Waals surface area contributed by atoms with E-state index in [0.717, 1.165) is 30.5 Å². The van der Waals surface area contributed by atoms with Gasteiger partial charge in [-0.2, -0.15) is 0 Å². The Morgan fingerprint density at radius 1 is 0.933 bits per heavy atom. The largest absolute Gasteiger partial charge is 0.490 e. The number of hydrogen-bond donors (Lipinski definition) is 2. The van der Waals surface area contributed by atoms with E-state index in [1.165, 1.54) is 16.7 Å². The summed E-state index contributed by atoms with van der Waals surface area (Å²) < 4.78 is 11.6. The van der Waals surface area contributed by atoms with Crippen molar-refractivity contribution in [3.8, 4) is 11.5 Å². The van der Waals surface area contributed by atoms with Crippen LogP contribution >= 0.6 is 35.6 Å². The lowest BCUT2D eigenvalue weighted by atomic mass is 9.91. The van der Waals surface area contributed by atoms with Crippen LogP contribution in [0, 0.1) is 33.6 Å². The summed E-state index contributed by atoms with van der Waals surface area (Å²) in [5, 5.41) is 7.49. The molecule has 1 aliphatic heterocycles. The van der Waals surface area contributed by atoms with Crippen molar-refractivity contribution >= 4 is 47.4 Å². The Morgan fingerprint density at radius 3 is 2.33 bits per heavy atom. The van der Waals surface area contributed by atoms with Crippen LogP contribution in [0.5, 0.6) is 11.5 Å². The number of nitrogens with zero attached hydrogens (tertiary/aromatic N) is 1. The molecule has 0 bridgehead atoms. The Hall–Kier alpha value is -2.97. The molecule has 2 aliphatic rings. The van der Waals surface area contributed by atoms with E-state index >= 15 is 0 Å². The van der Waals surface area contributed by atoms with Crippen LogP contribution < -0.4 is 20.1 Å². The molecule has 1 saturated carbocycles. The van der Waals surface area contributed by atoms with Gasteiger partial charge in [0.2, 0.25) is 5.91 Å². The number of piperidine rings is 1. The Labute approximate surface area is 282 Å². The Kier molecular flexibility index (Phi) is 12.1. The second-order valence-electron chi connectivity index (χ2n) is 12.0. The predicted molar refractivity (Wildman–Crippen MR) is 182 cm³/mol. The average Bonchev–Trinajstić information content (AvgIpc) is 3.82. The monoisotopic (exact) mass is 673 g/mol. The third-order valence-corrected chi connectivity index (χ3v) is 9.19. The SMILES string of the molecule is Cc1cc(Cl)c(OCCOc2ccc(C(=O)NC3CCNCC3C(=O)N(Cc3cccc(C)c3C)C3CC3)c(C)c2)c(Cl)c1.Cl. The topological polar surface area (TPSA) is 79.9 Å². The molecule has 1 saturated heterocycles. The fourth-order valence-electron chi connectivity index (χ4n) is 5.80. The van der Waals surface area contributed by atoms with Crippen LogP contribution in [0.25, 0.3) is 0 Å². The van der Waals surface area contributed by atoms with Crippen molar-refractivity contribution < 1.29 is 19.1 Å². The molecule has 2 N–H and O–H groups in total. The van der Waals surface area contributed by atoms with E-state index in [-0.39, 0.29) is 55.4 Å². The Morgan fingerprint density at radius 2 is 1.64 bits per heavy atom. The van der Waals surface area contributed by atoms with Gasteiger partial charge in [0.15, 0.2) is 5.75 Å². The summed E-state index contributed by atoms with van der Waals surface area (Å²) in [7, 11) is 0. The van der Waals surface area contributed by atoms with Crippen molar-refractivity contribution in [3.63, 3.8) is 0 Å². The van der Waals surface area contributed by atoms with Gasteiger partial charge in [0, 0.05) is 30.7 Å². The maximum Gasteiger partial charge on any atom is 0.251 e. The molecule has 2 atom stereocenters. The van der Waals surface area contributed by atoms with Crippen LogP contribution in [0.3, 0.4) is 0 Å². The molecule has 0 radical (unpaired) electrons. The first-order valence-electron chi connectivity index (χ1n) is 15.3. The number of nitrogens with one attached hydrogen (secondary N) is 2. The lowest BCUT2D eigenvalue weighted by Gasteiger charge is -2.36. The molecule has 3 aromatic carbocycles. The number of hydrogen-bond acceptors (Lipinski definition) is 5. The summed E-state index contributed by atoms with van der Waals surface area (Å²) in [6, 6.07) is 15.3. The van der Waals surface area contributed by atoms with Crippen LogP contribution in [-0.2, 0) is 11.3 Å². The van der Waals surface area contributed by atoms with Gasteiger partial charge in [-0.1, -0.05) is 41.4 Å². The number of benzene rings is 3. The Balaban J connectivity index is 0.00000461. The minimum Gasteiger partial charge on any atom is -0.490 e. The summed E-state index contributed by atoms with van der Waals surface area (Å²) in [4.78, 5) is 29.5. The summed E-state index contributed by atoms with van der Waals surface area (Å²) in [6.07, 6.45) is 2.75. The maximum atomic E-state index is 14.0. The first-order chi connectivity index (χ1) is 21.1. The number of rotatable bonds is 11. The van der Waals surface area contributed by atoms with Crippen molar-refractivity contribution in [2.75, 3.05) is 26.3 Å². The van der Waals surface area contributed by atoms with Crippen molar-refractivity contribution in [1.82, 2.24) is 15.5 Å². The zero-order valence-corrected chi connectivity index (χ0v) is 28.6. The minimum atomic E-state index is -0.322.